The van der Waals surface area contributed by atoms with Crippen LogP contribution in [0.5, 0.6) is 0 Å². The Bertz CT molecular complexity index is 1070. The van der Waals surface area contributed by atoms with Crippen molar-refractivity contribution in [2.45, 2.75) is 4.90 Å². The summed E-state index contributed by atoms with van der Waals surface area (Å²) in [6.45, 7) is 0. The molecule has 0 bridgehead atoms. The van der Waals surface area contributed by atoms with Gasteiger partial charge < -0.3 is 10.6 Å². The van der Waals surface area contributed by atoms with Crippen molar-refractivity contribution in [2.24, 2.45) is 5.14 Å². The van der Waals surface area contributed by atoms with E-state index in [-0.39, 0.29) is 22.3 Å². The van der Waals surface area contributed by atoms with E-state index in [0.717, 1.165) is 6.20 Å². The number of hydrogen-bond acceptors (Lipinski definition) is 8. The molecule has 0 unspecified atom stereocenters. The lowest BCUT2D eigenvalue weighted by atomic mass is 10.3. The minimum Gasteiger partial charge on any atom is -0.334 e. The average molecular weight is 386 g/mol. The fourth-order valence-corrected chi connectivity index (χ4v) is 2.69. The second-order valence-corrected chi connectivity index (χ2v) is 6.93. The lowest BCUT2D eigenvalue weighted by Crippen LogP contribution is -2.11. The number of primary sulfonamides is 1. The first-order valence-corrected chi connectivity index (χ1v) is 9.11. The number of hydrogen-bond donors (Lipinski definition) is 3. The normalized spacial score (nSPS) is 11.0. The van der Waals surface area contributed by atoms with E-state index in [4.69, 9.17) is 5.14 Å². The molecule has 0 spiro atoms. The van der Waals surface area contributed by atoms with Crippen molar-refractivity contribution in [3.8, 4) is 0 Å². The van der Waals surface area contributed by atoms with Crippen LogP contribution in [0.25, 0.3) is 0 Å². The topological polar surface area (TPSA) is 153 Å². The molecule has 3 rings (SSSR count). The lowest BCUT2D eigenvalue weighted by molar-refractivity contribution is -0.384. The van der Waals surface area contributed by atoms with Crippen LogP contribution < -0.4 is 15.8 Å². The fourth-order valence-electron chi connectivity index (χ4n) is 2.18. The zero-order valence-electron chi connectivity index (χ0n) is 13.7. The summed E-state index contributed by atoms with van der Waals surface area (Å²) in [6.07, 6.45) is 1.08. The smallest absolute Gasteiger partial charge is 0.329 e. The molecule has 0 amide bonds. The Morgan fingerprint density at radius 2 is 1.59 bits per heavy atom. The van der Waals surface area contributed by atoms with Crippen LogP contribution >= 0.6 is 0 Å². The average Bonchev–Trinajstić information content (AvgIpc) is 2.62. The molecule has 0 radical (unpaired) electrons. The van der Waals surface area contributed by atoms with Gasteiger partial charge in [0.25, 0.3) is 0 Å². The number of nitrogens with two attached hydrogens (primary N) is 1. The molecule has 10 nitrogen and oxygen atoms in total. The Kier molecular flexibility index (Phi) is 4.96. The van der Waals surface area contributed by atoms with E-state index in [9.17, 15) is 18.5 Å². The molecule has 0 atom stereocenters. The molecule has 0 aliphatic carbocycles. The predicted octanol–water partition coefficient (Wildman–Crippen LogP) is 2.52. The third-order valence-corrected chi connectivity index (χ3v) is 4.37. The number of sulfonamides is 1. The molecule has 0 aliphatic rings. The van der Waals surface area contributed by atoms with Crippen molar-refractivity contribution in [1.82, 2.24) is 9.97 Å². The maximum atomic E-state index is 11.3. The molecule has 0 fully saturated rings. The number of benzene rings is 2. The van der Waals surface area contributed by atoms with Gasteiger partial charge in [-0.05, 0) is 36.4 Å². The van der Waals surface area contributed by atoms with E-state index in [1.165, 1.54) is 24.3 Å². The van der Waals surface area contributed by atoms with Crippen LogP contribution in [0.4, 0.5) is 28.8 Å². The number of para-hydroxylation sites is 1. The Hall–Kier alpha value is -3.57. The third kappa shape index (κ3) is 4.54. The molecule has 1 aromatic heterocycles. The second-order valence-electron chi connectivity index (χ2n) is 5.37. The monoisotopic (exact) mass is 386 g/mol. The van der Waals surface area contributed by atoms with Gasteiger partial charge >= 0.3 is 5.69 Å². The van der Waals surface area contributed by atoms with E-state index in [1.807, 2.05) is 6.07 Å². The molecule has 0 saturated carbocycles. The number of nitrogens with zero attached hydrogens (tertiary/aromatic N) is 3. The highest BCUT2D eigenvalue weighted by Crippen LogP contribution is 2.26. The van der Waals surface area contributed by atoms with Crippen LogP contribution in [0.2, 0.25) is 0 Å². The Labute approximate surface area is 154 Å². The molecule has 0 saturated heterocycles. The van der Waals surface area contributed by atoms with Crippen LogP contribution in [-0.2, 0) is 10.0 Å². The fraction of sp³-hybridized carbons (Fsp3) is 0. The third-order valence-electron chi connectivity index (χ3n) is 3.44. The van der Waals surface area contributed by atoms with Gasteiger partial charge in [0.15, 0.2) is 0 Å². The zero-order valence-corrected chi connectivity index (χ0v) is 14.6. The maximum Gasteiger partial charge on any atom is 0.329 e. The van der Waals surface area contributed by atoms with Crippen LogP contribution in [0.3, 0.4) is 0 Å². The van der Waals surface area contributed by atoms with Crippen molar-refractivity contribution in [3.05, 3.63) is 70.9 Å². The highest BCUT2D eigenvalue weighted by molar-refractivity contribution is 7.89. The van der Waals surface area contributed by atoms with Gasteiger partial charge in [0, 0.05) is 11.4 Å². The summed E-state index contributed by atoms with van der Waals surface area (Å²) in [6, 6.07) is 14.5. The standard InChI is InChI=1S/C16H14N6O4S/c17-27(25,26)13-8-6-12(7-9-13)20-16-18-10-14(22(23)24)15(21-16)19-11-4-2-1-3-5-11/h1-10H,(H2,17,25,26)(H2,18,19,20,21). The first-order chi connectivity index (χ1) is 12.8. The first-order valence-electron chi connectivity index (χ1n) is 7.56. The molecule has 27 heavy (non-hydrogen) atoms. The summed E-state index contributed by atoms with van der Waals surface area (Å²) in [5, 5.41) is 22.0. The number of nitro groups is 1. The van der Waals surface area contributed by atoms with Gasteiger partial charge in [-0.2, -0.15) is 4.98 Å². The summed E-state index contributed by atoms with van der Waals surface area (Å²) in [4.78, 5) is 18.6. The number of anilines is 4. The predicted molar refractivity (Wildman–Crippen MR) is 99.5 cm³/mol. The number of rotatable bonds is 6. The Balaban J connectivity index is 1.88. The maximum absolute atomic E-state index is 11.3. The van der Waals surface area contributed by atoms with Gasteiger partial charge in [0.1, 0.15) is 6.20 Å². The van der Waals surface area contributed by atoms with Gasteiger partial charge in [-0.3, -0.25) is 10.1 Å². The van der Waals surface area contributed by atoms with E-state index < -0.39 is 14.9 Å². The summed E-state index contributed by atoms with van der Waals surface area (Å²) >= 11 is 0. The van der Waals surface area contributed by atoms with Gasteiger partial charge in [-0.1, -0.05) is 18.2 Å². The Morgan fingerprint density at radius 1 is 0.963 bits per heavy atom. The molecule has 11 heteroatoms. The van der Waals surface area contributed by atoms with Gasteiger partial charge in [0.2, 0.25) is 21.8 Å². The largest absolute Gasteiger partial charge is 0.334 e. The molecule has 0 aliphatic heterocycles. The highest BCUT2D eigenvalue weighted by Gasteiger charge is 2.18. The summed E-state index contributed by atoms with van der Waals surface area (Å²) in [7, 11) is -3.79. The second kappa shape index (κ2) is 7.35. The van der Waals surface area contributed by atoms with Crippen LogP contribution in [-0.4, -0.2) is 23.3 Å². The molecule has 138 valence electrons. The van der Waals surface area contributed by atoms with Crippen molar-refractivity contribution < 1.29 is 13.3 Å². The first kappa shape index (κ1) is 18.2. The molecular weight excluding hydrogens is 372 g/mol. The summed E-state index contributed by atoms with van der Waals surface area (Å²) in [5.74, 6) is 0.118. The quantitative estimate of drug-likeness (QED) is 0.431. The molecule has 1 heterocycles. The summed E-state index contributed by atoms with van der Waals surface area (Å²) < 4.78 is 22.6. The number of nitrogens with one attached hydrogen (secondary N) is 2. The van der Waals surface area contributed by atoms with E-state index >= 15 is 0 Å². The van der Waals surface area contributed by atoms with Crippen LogP contribution in [0.15, 0.2) is 65.7 Å². The van der Waals surface area contributed by atoms with Crippen LogP contribution in [0.1, 0.15) is 0 Å². The number of aromatic nitrogens is 2. The minimum absolute atomic E-state index is 0.0184. The lowest BCUT2D eigenvalue weighted by Gasteiger charge is -2.09. The highest BCUT2D eigenvalue weighted by atomic mass is 32.2. The zero-order chi connectivity index (χ0) is 19.4. The molecule has 3 aromatic rings. The van der Waals surface area contributed by atoms with Gasteiger partial charge in [-0.25, -0.2) is 18.5 Å². The van der Waals surface area contributed by atoms with Crippen molar-refractivity contribution in [3.63, 3.8) is 0 Å². The van der Waals surface area contributed by atoms with Crippen molar-refractivity contribution in [2.75, 3.05) is 10.6 Å². The van der Waals surface area contributed by atoms with Crippen molar-refractivity contribution in [1.29, 1.82) is 0 Å². The molecule has 4 N–H and O–H groups in total. The Morgan fingerprint density at radius 3 is 2.19 bits per heavy atom. The van der Waals surface area contributed by atoms with Gasteiger partial charge in [-0.15, -0.1) is 0 Å². The summed E-state index contributed by atoms with van der Waals surface area (Å²) in [5.41, 5.74) is 0.832. The van der Waals surface area contributed by atoms with Gasteiger partial charge in [0.05, 0.1) is 9.82 Å². The van der Waals surface area contributed by atoms with Crippen LogP contribution in [0, 0.1) is 10.1 Å². The van der Waals surface area contributed by atoms with E-state index in [0.29, 0.717) is 11.4 Å². The molecule has 2 aromatic carbocycles. The van der Waals surface area contributed by atoms with E-state index in [1.54, 1.807) is 24.3 Å². The molecular formula is C16H14N6O4S. The minimum atomic E-state index is -3.79. The SMILES string of the molecule is NS(=O)(=O)c1ccc(Nc2ncc([N+](=O)[O-])c(Nc3ccccc3)n2)cc1. The van der Waals surface area contributed by atoms with Crippen molar-refractivity contribution >= 4 is 38.9 Å². The van der Waals surface area contributed by atoms with E-state index in [2.05, 4.69) is 20.6 Å².